The van der Waals surface area contributed by atoms with Crippen molar-refractivity contribution in [2.45, 2.75) is 176 Å². The van der Waals surface area contributed by atoms with Gasteiger partial charge in [0.25, 0.3) is 15.7 Å². The number of anilines is 2. The van der Waals surface area contributed by atoms with Crippen molar-refractivity contribution in [3.63, 3.8) is 0 Å². The Morgan fingerprint density at radius 1 is 0.774 bits per heavy atom. The highest BCUT2D eigenvalue weighted by Crippen LogP contribution is 2.44. The van der Waals surface area contributed by atoms with Gasteiger partial charge >= 0.3 is 5.51 Å². The predicted molar refractivity (Wildman–Crippen MR) is 420 cm³/mol. The molecular weight excluding hydrogens is 1450 g/mol. The maximum absolute atomic E-state index is 14.3. The van der Waals surface area contributed by atoms with Gasteiger partial charge in [-0.15, -0.1) is 23.1 Å². The minimum atomic E-state index is -5.81. The molecule has 10 rings (SSSR count). The van der Waals surface area contributed by atoms with Crippen molar-refractivity contribution >= 4 is 103 Å². The fraction of sp³-hybridized carbons (Fsp3) is 0.500. The Kier molecular flexibility index (Phi) is 29.2. The second-order valence-corrected chi connectivity index (χ2v) is 35.0. The summed E-state index contributed by atoms with van der Waals surface area (Å²) in [6.45, 7) is 20.1. The van der Waals surface area contributed by atoms with Crippen LogP contribution in [0.1, 0.15) is 158 Å². The quantitative estimate of drug-likeness (QED) is 0.0147. The van der Waals surface area contributed by atoms with Crippen molar-refractivity contribution in [3.8, 4) is 10.4 Å². The summed E-state index contributed by atoms with van der Waals surface area (Å²) in [5.74, 6) is -0.602. The third kappa shape index (κ3) is 22.8. The molecular formula is C80H102ClF3N10O8S4. The van der Waals surface area contributed by atoms with Crippen LogP contribution in [0.2, 0.25) is 5.02 Å². The van der Waals surface area contributed by atoms with Gasteiger partial charge in [0.2, 0.25) is 23.6 Å². The molecule has 3 saturated heterocycles. The van der Waals surface area contributed by atoms with E-state index in [1.54, 1.807) is 28.4 Å². The molecule has 5 aromatic carbocycles. The molecule has 5 amide bonds. The predicted octanol–water partition coefficient (Wildman–Crippen LogP) is 15.2. The molecule has 3 fully saturated rings. The zero-order valence-corrected chi connectivity index (χ0v) is 65.7. The molecule has 106 heavy (non-hydrogen) atoms. The summed E-state index contributed by atoms with van der Waals surface area (Å²) in [6, 6.07) is 34.7. The Balaban J connectivity index is 0.642. The van der Waals surface area contributed by atoms with Gasteiger partial charge in [-0.05, 0) is 177 Å². The molecule has 18 nitrogen and oxygen atoms in total. The number of ether oxygens (including phenoxy) is 1. The van der Waals surface area contributed by atoms with Crippen molar-refractivity contribution in [3.05, 3.63) is 160 Å². The number of likely N-dealkylation sites (tertiary alicyclic amines) is 1. The first-order valence-corrected chi connectivity index (χ1v) is 41.6. The molecule has 572 valence electrons. The van der Waals surface area contributed by atoms with Crippen LogP contribution < -0.4 is 30.9 Å². The number of rotatable bonds is 33. The molecule has 6 aromatic rings. The zero-order chi connectivity index (χ0) is 75.6. The van der Waals surface area contributed by atoms with E-state index in [2.05, 4.69) is 64.7 Å². The fourth-order valence-electron chi connectivity index (χ4n) is 14.3. The van der Waals surface area contributed by atoms with Crippen LogP contribution in [0.3, 0.4) is 0 Å². The number of nitrogens with zero attached hydrogens (tertiary/aromatic N) is 5. The van der Waals surface area contributed by atoms with E-state index in [9.17, 15) is 45.6 Å². The van der Waals surface area contributed by atoms with Crippen molar-refractivity contribution in [2.75, 3.05) is 94.6 Å². The maximum Gasteiger partial charge on any atom is 0.501 e. The molecule has 0 bridgehead atoms. The number of thioether (sulfide) groups is 1. The molecule has 1 aromatic heterocycles. The van der Waals surface area contributed by atoms with Gasteiger partial charge in [0.15, 0.2) is 0 Å². The van der Waals surface area contributed by atoms with Gasteiger partial charge in [-0.1, -0.05) is 125 Å². The van der Waals surface area contributed by atoms with E-state index in [-0.39, 0.29) is 51.7 Å². The number of hydrogen-bond acceptors (Lipinski definition) is 16. The van der Waals surface area contributed by atoms with Gasteiger partial charge in [0.1, 0.15) is 17.0 Å². The highest BCUT2D eigenvalue weighted by atomic mass is 35.5. The smallest absolute Gasteiger partial charge is 0.380 e. The Morgan fingerprint density at radius 2 is 1.44 bits per heavy atom. The first-order valence-electron chi connectivity index (χ1n) is 37.1. The largest absolute Gasteiger partial charge is 0.501 e. The number of nitrogens with one attached hydrogen (secondary N) is 5. The number of unbranched alkanes of at least 4 members (excludes halogenated alkanes) is 5. The molecule has 5 atom stereocenters. The summed E-state index contributed by atoms with van der Waals surface area (Å²) in [7, 11) is -5.81. The maximum atomic E-state index is 14.3. The lowest BCUT2D eigenvalue weighted by molar-refractivity contribution is -0.144. The first kappa shape index (κ1) is 81.5. The number of alkyl halides is 3. The number of piperazine rings is 1. The van der Waals surface area contributed by atoms with E-state index in [0.717, 1.165) is 153 Å². The Labute approximate surface area is 641 Å². The fourth-order valence-corrected chi connectivity index (χ4v) is 17.9. The van der Waals surface area contributed by atoms with Gasteiger partial charge in [-0.3, -0.25) is 38.5 Å². The molecule has 0 radical (unpaired) electrons. The number of sulfone groups is 1. The molecule has 0 spiro atoms. The van der Waals surface area contributed by atoms with E-state index in [1.165, 1.54) is 35.0 Å². The lowest BCUT2D eigenvalue weighted by Gasteiger charge is -2.41. The van der Waals surface area contributed by atoms with Gasteiger partial charge in [-0.25, -0.2) is 13.4 Å². The third-order valence-corrected chi connectivity index (χ3v) is 25.3. The molecule has 4 aliphatic rings. The van der Waals surface area contributed by atoms with Crippen LogP contribution in [0, 0.1) is 17.8 Å². The van der Waals surface area contributed by atoms with Gasteiger partial charge in [0.05, 0.1) is 41.0 Å². The number of carbonyl (C=O) groups is 5. The molecule has 1 aliphatic carbocycles. The normalized spacial score (nSPS) is 18.6. The number of thiazole rings is 1. The summed E-state index contributed by atoms with van der Waals surface area (Å²) < 4.78 is 77.6. The number of halogens is 4. The summed E-state index contributed by atoms with van der Waals surface area (Å²) in [6.07, 6.45) is 10.2. The Hall–Kier alpha value is -6.97. The van der Waals surface area contributed by atoms with Crippen LogP contribution in [0.5, 0.6) is 0 Å². The van der Waals surface area contributed by atoms with Gasteiger partial charge in [-0.2, -0.15) is 13.2 Å². The standard InChI is InChI=1S/C80H102ClF3N10O8S4/c1-55(57-22-24-59(25-23-57)73-56(2)86-54-104-73)87-76(98)69-19-16-39-94(69)77(99)74(78(3,4)5)89-72(96)21-15-10-8-7-9-14-20-71(95)85-53-79(6)38-36-67(58-26-30-62(81)31-27-58)61(50-79)51-92-41-43-93(44-42-92)64-32-28-60(29-33-64)75(97)90-105-66-34-35-68(70(49-66)106(100,101)80(82,83)84)88-63(37-40-91-45-47-102-48-46-91)52-103-65-17-12-11-13-18-65/h11-13,17-18,22-35,49,54-55,63,69,74,88H,7-10,14-16,19-21,36-48,50-53H2,1-6H3,(H,85,95)(H,87,98)(H,89,96)(H,90,97)/t55-,63+,69-,74+,79?/m0/s1. The molecule has 5 N–H and O–H groups in total. The molecule has 26 heteroatoms. The van der Waals surface area contributed by atoms with Crippen LogP contribution in [-0.2, 0) is 33.8 Å². The van der Waals surface area contributed by atoms with E-state index in [1.807, 2.05) is 119 Å². The minimum Gasteiger partial charge on any atom is -0.380 e. The summed E-state index contributed by atoms with van der Waals surface area (Å²) >= 11 is 10.2. The number of hydrogen-bond donors (Lipinski definition) is 5. The highest BCUT2D eigenvalue weighted by molar-refractivity contribution is 7.99. The molecule has 3 aliphatic heterocycles. The first-order chi connectivity index (χ1) is 50.7. The SMILES string of the molecule is Cc1ncsc1-c1ccc([C@H](C)NC(=O)[C@@H]2CCCN2C(=O)[C@@H](NC(=O)CCCCCCCCC(=O)NCC2(C)CCC(c3ccc(Cl)cc3)=C(CN3CCN(c4ccc(C(=O)NSc5ccc(N[C@H](CCN6CCOCC6)CSc6ccccc6)c(S(=O)(=O)C(F)(F)F)c5)cc4)CC3)C2)C(C)(C)C)cc1. The van der Waals surface area contributed by atoms with E-state index < -0.39 is 43.6 Å². The lowest BCUT2D eigenvalue weighted by atomic mass is 9.71. The summed E-state index contributed by atoms with van der Waals surface area (Å²) in [5.41, 5.74) is 3.45. The number of aryl methyl sites for hydroxylation is 1. The number of benzene rings is 5. The summed E-state index contributed by atoms with van der Waals surface area (Å²) in [4.78, 5) is 82.6. The second kappa shape index (κ2) is 37.9. The molecule has 1 unspecified atom stereocenters. The van der Waals surface area contributed by atoms with Crippen LogP contribution in [-0.4, -0.2) is 166 Å². The van der Waals surface area contributed by atoms with Crippen LogP contribution in [0.15, 0.2) is 147 Å². The molecule has 4 heterocycles. The van der Waals surface area contributed by atoms with Gasteiger partial charge < -0.3 is 35.8 Å². The van der Waals surface area contributed by atoms with Crippen molar-refractivity contribution in [1.82, 2.24) is 40.4 Å². The third-order valence-electron chi connectivity index (χ3n) is 20.6. The lowest BCUT2D eigenvalue weighted by Crippen LogP contribution is -2.57. The van der Waals surface area contributed by atoms with E-state index in [0.29, 0.717) is 87.7 Å². The van der Waals surface area contributed by atoms with E-state index in [4.69, 9.17) is 16.3 Å². The highest BCUT2D eigenvalue weighted by Gasteiger charge is 2.49. The monoisotopic (exact) mass is 1550 g/mol. The average Bonchev–Trinajstić information content (AvgIpc) is 0.960. The number of morpholine rings is 1. The van der Waals surface area contributed by atoms with Crippen LogP contribution in [0.25, 0.3) is 16.0 Å². The van der Waals surface area contributed by atoms with Gasteiger partial charge in [0, 0.05) is 116 Å². The Bertz CT molecular complexity index is 4080. The van der Waals surface area contributed by atoms with E-state index >= 15 is 0 Å². The average molecular weight is 1550 g/mol. The zero-order valence-electron chi connectivity index (χ0n) is 61.7. The van der Waals surface area contributed by atoms with Crippen LogP contribution >= 0.6 is 46.6 Å². The van der Waals surface area contributed by atoms with Crippen molar-refractivity contribution in [2.24, 2.45) is 10.8 Å². The minimum absolute atomic E-state index is 0.0440. The second-order valence-electron chi connectivity index (χ2n) is 29.8. The number of aromatic nitrogens is 1. The van der Waals surface area contributed by atoms with Crippen LogP contribution in [0.4, 0.5) is 24.5 Å². The summed E-state index contributed by atoms with van der Waals surface area (Å²) in [5, 5.41) is 13.3. The number of allylic oxidation sites excluding steroid dienone is 1. The van der Waals surface area contributed by atoms with Crippen molar-refractivity contribution in [1.29, 1.82) is 0 Å². The van der Waals surface area contributed by atoms with Crippen molar-refractivity contribution < 1.29 is 50.3 Å². The topological polar surface area (TPSA) is 215 Å². The number of amides is 5. The molecule has 0 saturated carbocycles. The Morgan fingerprint density at radius 3 is 2.10 bits per heavy atom. The number of carbonyl (C=O) groups excluding carboxylic acids is 5.